The summed E-state index contributed by atoms with van der Waals surface area (Å²) >= 11 is 5.86. The fourth-order valence-corrected chi connectivity index (χ4v) is 1.87. The summed E-state index contributed by atoms with van der Waals surface area (Å²) in [6.45, 7) is 2.18. The summed E-state index contributed by atoms with van der Waals surface area (Å²) in [6, 6.07) is 1.83. The van der Waals surface area contributed by atoms with Gasteiger partial charge in [-0.2, -0.15) is 18.3 Å². The lowest BCUT2D eigenvalue weighted by atomic mass is 10.1. The lowest BCUT2D eigenvalue weighted by Crippen LogP contribution is -2.13. The highest BCUT2D eigenvalue weighted by atomic mass is 35.5. The summed E-state index contributed by atoms with van der Waals surface area (Å²) in [6.07, 6.45) is -2.56. The quantitative estimate of drug-likeness (QED) is 0.818. The summed E-state index contributed by atoms with van der Waals surface area (Å²) in [7, 11) is 0. The molecule has 20 heavy (non-hydrogen) atoms. The van der Waals surface area contributed by atoms with Crippen LogP contribution in [0.1, 0.15) is 28.7 Å². The van der Waals surface area contributed by atoms with Gasteiger partial charge in [0.1, 0.15) is 11.4 Å². The minimum absolute atomic E-state index is 0.112. The molecule has 8 heteroatoms. The summed E-state index contributed by atoms with van der Waals surface area (Å²) in [5, 5.41) is 4.03. The van der Waals surface area contributed by atoms with Gasteiger partial charge in [-0.1, -0.05) is 11.6 Å². The summed E-state index contributed by atoms with van der Waals surface area (Å²) < 4.78 is 38.6. The Bertz CT molecular complexity index is 634. The Hall–Kier alpha value is -1.89. The molecule has 0 amide bonds. The average molecular weight is 304 g/mol. The largest absolute Gasteiger partial charge is 0.417 e. The van der Waals surface area contributed by atoms with Crippen LogP contribution in [0, 0.1) is 0 Å². The van der Waals surface area contributed by atoms with Crippen molar-refractivity contribution < 1.29 is 18.0 Å². The molecular weight excluding hydrogens is 295 g/mol. The maximum absolute atomic E-state index is 12.4. The van der Waals surface area contributed by atoms with Crippen molar-refractivity contribution in [2.75, 3.05) is 0 Å². The summed E-state index contributed by atoms with van der Waals surface area (Å²) in [5.41, 5.74) is -0.916. The first-order valence-electron chi connectivity index (χ1n) is 5.64. The number of nitrogens with zero attached hydrogens (tertiary/aromatic N) is 3. The van der Waals surface area contributed by atoms with E-state index >= 15 is 0 Å². The molecule has 0 radical (unpaired) electrons. The first-order valence-corrected chi connectivity index (χ1v) is 6.01. The number of hydrogen-bond donors (Lipinski definition) is 0. The van der Waals surface area contributed by atoms with Gasteiger partial charge in [0, 0.05) is 12.7 Å². The minimum atomic E-state index is -4.49. The molecule has 0 saturated carbocycles. The van der Waals surface area contributed by atoms with E-state index in [-0.39, 0.29) is 16.4 Å². The number of ketones is 1. The second-order valence-corrected chi connectivity index (χ2v) is 4.32. The van der Waals surface area contributed by atoms with Gasteiger partial charge in [0.25, 0.3) is 0 Å². The van der Waals surface area contributed by atoms with Gasteiger partial charge in [-0.15, -0.1) is 0 Å². The highest BCUT2D eigenvalue weighted by Crippen LogP contribution is 2.28. The molecule has 2 rings (SSSR count). The number of carbonyl (C=O) groups excluding carboxylic acids is 1. The minimum Gasteiger partial charge on any atom is -0.285 e. The molecule has 0 aliphatic heterocycles. The molecule has 0 fully saturated rings. The Morgan fingerprint density at radius 2 is 2.05 bits per heavy atom. The molecule has 2 aromatic heterocycles. The lowest BCUT2D eigenvalue weighted by molar-refractivity contribution is -0.137. The molecule has 0 aliphatic carbocycles. The van der Waals surface area contributed by atoms with Gasteiger partial charge in [-0.3, -0.25) is 14.5 Å². The normalized spacial score (nSPS) is 11.7. The van der Waals surface area contributed by atoms with Crippen LogP contribution in [0.15, 0.2) is 24.5 Å². The van der Waals surface area contributed by atoms with E-state index in [0.717, 1.165) is 12.1 Å². The van der Waals surface area contributed by atoms with Crippen LogP contribution in [0.3, 0.4) is 0 Å². The van der Waals surface area contributed by atoms with Gasteiger partial charge in [-0.25, -0.2) is 0 Å². The van der Waals surface area contributed by atoms with E-state index in [2.05, 4.69) is 10.1 Å². The molecule has 4 nitrogen and oxygen atoms in total. The van der Waals surface area contributed by atoms with Crippen LogP contribution < -0.4 is 0 Å². The number of aryl methyl sites for hydroxylation is 1. The summed E-state index contributed by atoms with van der Waals surface area (Å²) in [5.74, 6) is -0.567. The van der Waals surface area contributed by atoms with E-state index < -0.39 is 17.5 Å². The van der Waals surface area contributed by atoms with Crippen LogP contribution in [0.5, 0.6) is 0 Å². The Morgan fingerprint density at radius 1 is 1.35 bits per heavy atom. The third-order valence-corrected chi connectivity index (χ3v) is 2.91. The molecule has 2 heterocycles. The molecule has 0 spiro atoms. The zero-order valence-corrected chi connectivity index (χ0v) is 11.0. The molecule has 0 saturated heterocycles. The third-order valence-electron chi connectivity index (χ3n) is 2.63. The number of rotatable bonds is 3. The van der Waals surface area contributed by atoms with Crippen molar-refractivity contribution in [3.8, 4) is 0 Å². The van der Waals surface area contributed by atoms with E-state index in [1.54, 1.807) is 6.92 Å². The number of aromatic nitrogens is 3. The number of pyridine rings is 1. The molecule has 0 aliphatic rings. The molecule has 0 aromatic carbocycles. The van der Waals surface area contributed by atoms with Gasteiger partial charge in [0.05, 0.1) is 16.8 Å². The highest BCUT2D eigenvalue weighted by Gasteiger charge is 2.31. The second kappa shape index (κ2) is 5.24. The molecule has 0 N–H and O–H groups in total. The van der Waals surface area contributed by atoms with Crippen LogP contribution >= 0.6 is 11.6 Å². The van der Waals surface area contributed by atoms with Crippen LogP contribution in [-0.2, 0) is 12.7 Å². The SMILES string of the molecule is CCn1ncc(Cl)c1C(=O)c1ccc(C(F)(F)F)cn1. The zero-order chi connectivity index (χ0) is 14.9. The van der Waals surface area contributed by atoms with Crippen LogP contribution in [-0.4, -0.2) is 20.5 Å². The summed E-state index contributed by atoms with van der Waals surface area (Å²) in [4.78, 5) is 15.7. The standard InChI is InChI=1S/C12H9ClF3N3O/c1-2-19-10(8(13)6-18-19)11(20)9-4-3-7(5-17-9)12(14,15)16/h3-6H,2H2,1H3. The van der Waals surface area contributed by atoms with Gasteiger partial charge < -0.3 is 0 Å². The molecule has 0 unspecified atom stereocenters. The topological polar surface area (TPSA) is 47.8 Å². The Balaban J connectivity index is 2.37. The van der Waals surface area contributed by atoms with Crippen molar-refractivity contribution in [3.05, 3.63) is 46.5 Å². The van der Waals surface area contributed by atoms with Crippen LogP contribution in [0.25, 0.3) is 0 Å². The lowest BCUT2D eigenvalue weighted by Gasteiger charge is -2.07. The highest BCUT2D eigenvalue weighted by molar-refractivity contribution is 6.34. The van der Waals surface area contributed by atoms with Gasteiger partial charge in [0.2, 0.25) is 5.78 Å². The Labute approximate surface area is 117 Å². The fourth-order valence-electron chi connectivity index (χ4n) is 1.65. The maximum Gasteiger partial charge on any atom is 0.417 e. The average Bonchev–Trinajstić information content (AvgIpc) is 2.78. The molecule has 0 bridgehead atoms. The Kier molecular flexibility index (Phi) is 3.80. The smallest absolute Gasteiger partial charge is 0.285 e. The monoisotopic (exact) mass is 303 g/mol. The van der Waals surface area contributed by atoms with E-state index in [9.17, 15) is 18.0 Å². The van der Waals surface area contributed by atoms with Crippen LogP contribution in [0.4, 0.5) is 13.2 Å². The number of alkyl halides is 3. The van der Waals surface area contributed by atoms with Crippen molar-refractivity contribution >= 4 is 17.4 Å². The van der Waals surface area contributed by atoms with E-state index in [1.165, 1.54) is 10.9 Å². The predicted octanol–water partition coefficient (Wildman–Crippen LogP) is 3.20. The maximum atomic E-state index is 12.4. The first-order chi connectivity index (χ1) is 9.34. The van der Waals surface area contributed by atoms with Crippen molar-refractivity contribution in [3.63, 3.8) is 0 Å². The number of carbonyl (C=O) groups is 1. The van der Waals surface area contributed by atoms with E-state index in [0.29, 0.717) is 12.7 Å². The molecule has 106 valence electrons. The van der Waals surface area contributed by atoms with Crippen molar-refractivity contribution in [2.45, 2.75) is 19.6 Å². The number of hydrogen-bond acceptors (Lipinski definition) is 3. The molecule has 2 aromatic rings. The fraction of sp³-hybridized carbons (Fsp3) is 0.250. The van der Waals surface area contributed by atoms with Gasteiger partial charge >= 0.3 is 6.18 Å². The van der Waals surface area contributed by atoms with Crippen molar-refractivity contribution in [2.24, 2.45) is 0 Å². The second-order valence-electron chi connectivity index (χ2n) is 3.92. The van der Waals surface area contributed by atoms with E-state index in [4.69, 9.17) is 11.6 Å². The zero-order valence-electron chi connectivity index (χ0n) is 10.3. The van der Waals surface area contributed by atoms with E-state index in [1.807, 2.05) is 0 Å². The molecular formula is C12H9ClF3N3O. The predicted molar refractivity (Wildman–Crippen MR) is 65.6 cm³/mol. The number of halogens is 4. The van der Waals surface area contributed by atoms with Gasteiger partial charge in [-0.05, 0) is 19.1 Å². The van der Waals surface area contributed by atoms with Crippen molar-refractivity contribution in [1.82, 2.24) is 14.8 Å². The van der Waals surface area contributed by atoms with Crippen LogP contribution in [0.2, 0.25) is 5.02 Å². The van der Waals surface area contributed by atoms with Crippen molar-refractivity contribution in [1.29, 1.82) is 0 Å². The first kappa shape index (κ1) is 14.5. The molecule has 0 atom stereocenters. The van der Waals surface area contributed by atoms with Gasteiger partial charge in [0.15, 0.2) is 0 Å². The Morgan fingerprint density at radius 3 is 2.55 bits per heavy atom. The third kappa shape index (κ3) is 2.67.